The average molecular weight is 423 g/mol. The number of carbonyl (C=O) groups excluding carboxylic acids is 1. The third kappa shape index (κ3) is 2.97. The van der Waals surface area contributed by atoms with Gasteiger partial charge in [-0.1, -0.05) is 25.5 Å². The molecule has 4 aliphatic rings. The summed E-state index contributed by atoms with van der Waals surface area (Å²) in [5.74, 6) is 2.06. The number of rotatable bonds is 2. The van der Waals surface area contributed by atoms with Gasteiger partial charge in [0, 0.05) is 23.2 Å². The number of hydrogen-bond donors (Lipinski definition) is 1. The predicted molar refractivity (Wildman–Crippen MR) is 123 cm³/mol. The number of aliphatic hydroxyl groups excluding tert-OH is 1. The highest BCUT2D eigenvalue weighted by molar-refractivity contribution is 6.06. The Hall–Kier alpha value is -1.68. The van der Waals surface area contributed by atoms with Crippen LogP contribution >= 0.6 is 0 Å². The molecular formula is C27H38N2O2. The maximum Gasteiger partial charge on any atom is 0.165 e. The van der Waals surface area contributed by atoms with Crippen molar-refractivity contribution in [3.63, 3.8) is 0 Å². The summed E-state index contributed by atoms with van der Waals surface area (Å²) in [6, 6.07) is 0. The van der Waals surface area contributed by atoms with Crippen LogP contribution < -0.4 is 0 Å². The van der Waals surface area contributed by atoms with Crippen LogP contribution in [0.4, 0.5) is 0 Å². The van der Waals surface area contributed by atoms with Crippen molar-refractivity contribution in [3.8, 4) is 0 Å². The molecule has 31 heavy (non-hydrogen) atoms. The molecule has 0 amide bonds. The Morgan fingerprint density at radius 3 is 2.61 bits per heavy atom. The van der Waals surface area contributed by atoms with Gasteiger partial charge in [-0.15, -0.1) is 0 Å². The summed E-state index contributed by atoms with van der Waals surface area (Å²) in [5.41, 5.74) is 5.85. The Balaban J connectivity index is 1.49. The molecule has 0 aromatic carbocycles. The van der Waals surface area contributed by atoms with Crippen molar-refractivity contribution >= 4 is 11.9 Å². The lowest BCUT2D eigenvalue weighted by atomic mass is 9.48. The number of allylic oxidation sites excluding steroid dienone is 2. The quantitative estimate of drug-likeness (QED) is 0.512. The second-order valence-electron chi connectivity index (χ2n) is 11.2. The first-order valence-corrected chi connectivity index (χ1v) is 12.4. The minimum absolute atomic E-state index is 0.164. The van der Waals surface area contributed by atoms with Crippen LogP contribution in [0.1, 0.15) is 82.7 Å². The van der Waals surface area contributed by atoms with Gasteiger partial charge >= 0.3 is 0 Å². The van der Waals surface area contributed by atoms with E-state index in [2.05, 4.69) is 51.9 Å². The molecule has 5 rings (SSSR count). The molecule has 0 bridgehead atoms. The van der Waals surface area contributed by atoms with Gasteiger partial charge in [0.1, 0.15) is 0 Å². The molecule has 0 saturated heterocycles. The summed E-state index contributed by atoms with van der Waals surface area (Å²) >= 11 is 0. The van der Waals surface area contributed by atoms with Crippen LogP contribution in [-0.4, -0.2) is 26.8 Å². The summed E-state index contributed by atoms with van der Waals surface area (Å²) in [4.78, 5) is 13.7. The number of fused-ring (bicyclic) bond motifs is 5. The molecule has 0 spiro atoms. The molecule has 4 aliphatic carbocycles. The number of carbonyl (C=O) groups is 1. The molecule has 4 heteroatoms. The van der Waals surface area contributed by atoms with Crippen molar-refractivity contribution in [2.75, 3.05) is 0 Å². The van der Waals surface area contributed by atoms with Crippen LogP contribution in [0.25, 0.3) is 6.08 Å². The first-order valence-electron chi connectivity index (χ1n) is 12.4. The lowest BCUT2D eigenvalue weighted by molar-refractivity contribution is -0.130. The Bertz CT molecular complexity index is 986. The topological polar surface area (TPSA) is 55.1 Å². The zero-order chi connectivity index (χ0) is 22.1. The fraction of sp³-hybridized carbons (Fsp3) is 0.704. The van der Waals surface area contributed by atoms with E-state index in [1.54, 1.807) is 0 Å². The van der Waals surface area contributed by atoms with Gasteiger partial charge in [0.05, 0.1) is 11.8 Å². The molecule has 1 heterocycles. The maximum absolute atomic E-state index is 13.7. The normalized spacial score (nSPS) is 41.0. The molecule has 0 radical (unpaired) electrons. The molecule has 168 valence electrons. The van der Waals surface area contributed by atoms with Crippen LogP contribution in [0.15, 0.2) is 17.2 Å². The standard InChI is InChI=1S/C27H38N2O2/c1-6-29-17(3)22(16(2)28-29)13-18-14-24-21-8-7-19-15-20(30)9-11-26(19,4)23(21)10-12-27(24,5)25(18)31/h7,13,20-21,23-24,30H,6,8-12,14-15H2,1-5H3/b18-13-/t20-,21-,23-,24+,26+,27+/m1/s1. The summed E-state index contributed by atoms with van der Waals surface area (Å²) in [6.45, 7) is 11.8. The third-order valence-corrected chi connectivity index (χ3v) is 9.77. The second-order valence-corrected chi connectivity index (χ2v) is 11.2. The van der Waals surface area contributed by atoms with Crippen molar-refractivity contribution in [1.82, 2.24) is 9.78 Å². The summed E-state index contributed by atoms with van der Waals surface area (Å²) in [6.07, 6.45) is 11.5. The number of nitrogens with zero attached hydrogens (tertiary/aromatic N) is 2. The van der Waals surface area contributed by atoms with Crippen molar-refractivity contribution < 1.29 is 9.90 Å². The number of aryl methyl sites for hydroxylation is 2. The van der Waals surface area contributed by atoms with Gasteiger partial charge in [0.15, 0.2) is 5.78 Å². The van der Waals surface area contributed by atoms with Crippen molar-refractivity contribution in [2.24, 2.45) is 28.6 Å². The zero-order valence-electron chi connectivity index (χ0n) is 19.9. The Labute approximate surface area is 186 Å². The Morgan fingerprint density at radius 1 is 1.16 bits per heavy atom. The number of hydrogen-bond acceptors (Lipinski definition) is 3. The SMILES string of the molecule is CCn1nc(C)c(/C=C2/C[C@H]3[C@@H]4CC=C5C[C@H](O)CC[C@]5(C)[C@@H]4CC[C@]3(C)C2=O)c1C. The van der Waals surface area contributed by atoms with Crippen molar-refractivity contribution in [1.29, 1.82) is 0 Å². The van der Waals surface area contributed by atoms with E-state index < -0.39 is 0 Å². The highest BCUT2D eigenvalue weighted by Gasteiger charge is 2.59. The first-order chi connectivity index (χ1) is 14.7. The van der Waals surface area contributed by atoms with E-state index in [9.17, 15) is 9.90 Å². The molecule has 3 saturated carbocycles. The molecule has 3 fully saturated rings. The predicted octanol–water partition coefficient (Wildman–Crippen LogP) is 5.41. The molecule has 0 aliphatic heterocycles. The molecule has 1 aromatic heterocycles. The lowest BCUT2D eigenvalue weighted by Gasteiger charge is -2.56. The highest BCUT2D eigenvalue weighted by atomic mass is 16.3. The van der Waals surface area contributed by atoms with Gasteiger partial charge in [-0.2, -0.15) is 5.10 Å². The Morgan fingerprint density at radius 2 is 1.90 bits per heavy atom. The van der Waals surface area contributed by atoms with E-state index in [1.807, 2.05) is 4.68 Å². The van der Waals surface area contributed by atoms with Crippen molar-refractivity contribution in [2.45, 2.75) is 92.2 Å². The van der Waals surface area contributed by atoms with Gasteiger partial charge in [-0.3, -0.25) is 9.48 Å². The third-order valence-electron chi connectivity index (χ3n) is 9.77. The molecule has 0 unspecified atom stereocenters. The smallest absolute Gasteiger partial charge is 0.165 e. The van der Waals surface area contributed by atoms with Crippen LogP contribution in [0.2, 0.25) is 0 Å². The average Bonchev–Trinajstić information content (AvgIpc) is 3.16. The fourth-order valence-corrected chi connectivity index (χ4v) is 7.84. The van der Waals surface area contributed by atoms with Crippen LogP contribution in [0.3, 0.4) is 0 Å². The highest BCUT2D eigenvalue weighted by Crippen LogP contribution is 2.64. The zero-order valence-corrected chi connectivity index (χ0v) is 19.9. The molecule has 1 aromatic rings. The first kappa shape index (κ1) is 21.2. The number of ketones is 1. The Kier molecular flexibility index (Phi) is 4.89. The number of aromatic nitrogens is 2. The number of Topliss-reactive ketones (excluding diaryl/α,β-unsaturated/α-hetero) is 1. The van der Waals surface area contributed by atoms with Gasteiger partial charge < -0.3 is 5.11 Å². The largest absolute Gasteiger partial charge is 0.393 e. The monoisotopic (exact) mass is 422 g/mol. The summed E-state index contributed by atoms with van der Waals surface area (Å²) in [7, 11) is 0. The molecule has 4 nitrogen and oxygen atoms in total. The van der Waals surface area contributed by atoms with Crippen LogP contribution in [0, 0.1) is 42.4 Å². The van der Waals surface area contributed by atoms with Crippen LogP contribution in [-0.2, 0) is 11.3 Å². The van der Waals surface area contributed by atoms with Crippen molar-refractivity contribution in [3.05, 3.63) is 34.2 Å². The minimum Gasteiger partial charge on any atom is -0.393 e. The number of aliphatic hydroxyl groups is 1. The van der Waals surface area contributed by atoms with E-state index in [-0.39, 0.29) is 16.9 Å². The lowest BCUT2D eigenvalue weighted by Crippen LogP contribution is -2.50. The van der Waals surface area contributed by atoms with E-state index in [1.165, 1.54) is 5.57 Å². The van der Waals surface area contributed by atoms with Gasteiger partial charge in [-0.05, 0) is 101 Å². The summed E-state index contributed by atoms with van der Waals surface area (Å²) in [5, 5.41) is 14.9. The maximum atomic E-state index is 13.7. The molecular weight excluding hydrogens is 384 g/mol. The van der Waals surface area contributed by atoms with E-state index in [0.717, 1.165) is 74.0 Å². The van der Waals surface area contributed by atoms with Gasteiger partial charge in [0.25, 0.3) is 0 Å². The van der Waals surface area contributed by atoms with E-state index >= 15 is 0 Å². The van der Waals surface area contributed by atoms with E-state index in [0.29, 0.717) is 23.5 Å². The fourth-order valence-electron chi connectivity index (χ4n) is 7.84. The van der Waals surface area contributed by atoms with E-state index in [4.69, 9.17) is 0 Å². The van der Waals surface area contributed by atoms with Crippen LogP contribution in [0.5, 0.6) is 0 Å². The van der Waals surface area contributed by atoms with Gasteiger partial charge in [-0.25, -0.2) is 0 Å². The summed E-state index contributed by atoms with van der Waals surface area (Å²) < 4.78 is 2.04. The van der Waals surface area contributed by atoms with Gasteiger partial charge in [0.2, 0.25) is 0 Å². The second kappa shape index (κ2) is 7.16. The minimum atomic E-state index is -0.217. The molecule has 1 N–H and O–H groups in total. The molecule has 6 atom stereocenters.